The molecule has 0 radical (unpaired) electrons. The Morgan fingerprint density at radius 1 is 0.964 bits per heavy atom. The summed E-state index contributed by atoms with van der Waals surface area (Å²) in [6, 6.07) is 15.6. The molecule has 0 spiro atoms. The highest BCUT2D eigenvalue weighted by molar-refractivity contribution is 9.11. The molecular formula is C24H23BrO2S. The molecule has 4 heteroatoms. The van der Waals surface area contributed by atoms with Gasteiger partial charge in [0.1, 0.15) is 0 Å². The van der Waals surface area contributed by atoms with Gasteiger partial charge in [-0.15, -0.1) is 11.3 Å². The maximum atomic E-state index is 9.00. The van der Waals surface area contributed by atoms with Gasteiger partial charge in [0.05, 0.1) is 4.70 Å². The van der Waals surface area contributed by atoms with Crippen molar-refractivity contribution in [2.45, 2.75) is 34.6 Å². The molecule has 2 nitrogen and oxygen atoms in total. The van der Waals surface area contributed by atoms with E-state index in [0.29, 0.717) is 0 Å². The van der Waals surface area contributed by atoms with Crippen molar-refractivity contribution in [2.75, 3.05) is 0 Å². The van der Waals surface area contributed by atoms with Crippen molar-refractivity contribution >= 4 is 54.1 Å². The van der Waals surface area contributed by atoms with E-state index in [-0.39, 0.29) is 0 Å². The quantitative estimate of drug-likeness (QED) is 0.318. The Morgan fingerprint density at radius 2 is 1.50 bits per heavy atom. The van der Waals surface area contributed by atoms with Crippen molar-refractivity contribution in [1.29, 1.82) is 0 Å². The highest BCUT2D eigenvalue weighted by atomic mass is 79.9. The number of thiophene rings is 1. The van der Waals surface area contributed by atoms with Crippen LogP contribution < -0.4 is 0 Å². The summed E-state index contributed by atoms with van der Waals surface area (Å²) >= 11 is 5.77. The lowest BCUT2D eigenvalue weighted by atomic mass is 9.91. The Kier molecular flexibility index (Phi) is 5.92. The Morgan fingerprint density at radius 3 is 2.07 bits per heavy atom. The lowest BCUT2D eigenvalue weighted by molar-refractivity contribution is -0.134. The van der Waals surface area contributed by atoms with E-state index in [9.17, 15) is 0 Å². The van der Waals surface area contributed by atoms with Gasteiger partial charge >= 0.3 is 0 Å². The molecule has 0 fully saturated rings. The highest BCUT2D eigenvalue weighted by Gasteiger charge is 2.18. The number of rotatable bonds is 1. The van der Waals surface area contributed by atoms with Crippen LogP contribution in [0.2, 0.25) is 0 Å². The topological polar surface area (TPSA) is 37.3 Å². The van der Waals surface area contributed by atoms with Gasteiger partial charge in [0.25, 0.3) is 5.97 Å². The van der Waals surface area contributed by atoms with Crippen LogP contribution in [0.5, 0.6) is 0 Å². The number of fused-ring (bicyclic) bond motifs is 2. The Hall–Kier alpha value is -2.17. The first kappa shape index (κ1) is 20.6. The number of aryl methyl sites for hydroxylation is 4. The number of carboxylic acid groups (broad SMARTS) is 1. The summed E-state index contributed by atoms with van der Waals surface area (Å²) in [4.78, 5) is 10.4. The molecule has 0 saturated heterocycles. The first-order valence-electron chi connectivity index (χ1n) is 9.08. The first-order chi connectivity index (χ1) is 13.2. The molecule has 144 valence electrons. The molecule has 0 unspecified atom stereocenters. The van der Waals surface area contributed by atoms with Gasteiger partial charge in [-0.25, -0.2) is 0 Å². The van der Waals surface area contributed by atoms with Gasteiger partial charge in [0.15, 0.2) is 0 Å². The number of hydrogen-bond acceptors (Lipinski definition) is 2. The predicted octanol–water partition coefficient (Wildman–Crippen LogP) is 7.81. The molecule has 4 aromatic rings. The summed E-state index contributed by atoms with van der Waals surface area (Å²) in [6.07, 6.45) is 0. The largest absolute Gasteiger partial charge is 0.481 e. The smallest absolute Gasteiger partial charge is 0.300 e. The molecule has 3 aromatic carbocycles. The van der Waals surface area contributed by atoms with Crippen LogP contribution in [0.15, 0.2) is 46.9 Å². The Bertz CT molecular complexity index is 1180. The molecule has 0 aliphatic carbocycles. The van der Waals surface area contributed by atoms with Crippen LogP contribution in [-0.2, 0) is 4.79 Å². The van der Waals surface area contributed by atoms with Crippen LogP contribution in [-0.4, -0.2) is 11.1 Å². The van der Waals surface area contributed by atoms with E-state index in [1.54, 1.807) is 0 Å². The number of hydrogen-bond donors (Lipinski definition) is 1. The fraction of sp³-hybridized carbons (Fsp3) is 0.208. The van der Waals surface area contributed by atoms with Crippen molar-refractivity contribution < 1.29 is 9.90 Å². The Balaban J connectivity index is 0.000000516. The number of benzene rings is 3. The van der Waals surface area contributed by atoms with E-state index in [1.165, 1.54) is 58.0 Å². The van der Waals surface area contributed by atoms with Crippen LogP contribution in [0.4, 0.5) is 0 Å². The van der Waals surface area contributed by atoms with Gasteiger partial charge in [0.2, 0.25) is 0 Å². The second-order valence-corrected chi connectivity index (χ2v) is 9.14. The van der Waals surface area contributed by atoms with Crippen LogP contribution >= 0.6 is 27.3 Å². The van der Waals surface area contributed by atoms with E-state index in [0.717, 1.165) is 6.92 Å². The number of carboxylic acids is 1. The molecule has 0 bridgehead atoms. The molecule has 0 saturated carbocycles. The van der Waals surface area contributed by atoms with E-state index < -0.39 is 5.97 Å². The summed E-state index contributed by atoms with van der Waals surface area (Å²) in [7, 11) is 0. The van der Waals surface area contributed by atoms with E-state index >= 15 is 0 Å². The molecule has 0 aliphatic rings. The molecule has 1 aromatic heterocycles. The third-order valence-corrected chi connectivity index (χ3v) is 7.09. The van der Waals surface area contributed by atoms with Gasteiger partial charge in [-0.3, -0.25) is 4.79 Å². The van der Waals surface area contributed by atoms with Crippen LogP contribution in [0.1, 0.15) is 28.5 Å². The molecule has 28 heavy (non-hydrogen) atoms. The van der Waals surface area contributed by atoms with Crippen LogP contribution in [0.3, 0.4) is 0 Å². The van der Waals surface area contributed by atoms with E-state index in [2.05, 4.69) is 86.1 Å². The SMILES string of the molecule is CC(=O)O.Cc1cc(C)cc(-c2c3ccccc3c(Br)c3sc(C)c(C)c23)c1. The summed E-state index contributed by atoms with van der Waals surface area (Å²) < 4.78 is 2.58. The monoisotopic (exact) mass is 454 g/mol. The zero-order chi connectivity index (χ0) is 20.6. The van der Waals surface area contributed by atoms with Crippen molar-refractivity contribution in [1.82, 2.24) is 0 Å². The second-order valence-electron chi connectivity index (χ2n) is 7.12. The van der Waals surface area contributed by atoms with E-state index in [4.69, 9.17) is 9.90 Å². The summed E-state index contributed by atoms with van der Waals surface area (Å²) in [5.74, 6) is -0.833. The molecule has 0 amide bonds. The van der Waals surface area contributed by atoms with Crippen molar-refractivity contribution in [3.63, 3.8) is 0 Å². The zero-order valence-corrected chi connectivity index (χ0v) is 19.1. The number of carbonyl (C=O) groups is 1. The van der Waals surface area contributed by atoms with Crippen molar-refractivity contribution in [3.8, 4) is 11.1 Å². The fourth-order valence-corrected chi connectivity index (χ4v) is 5.56. The third-order valence-electron chi connectivity index (χ3n) is 4.78. The average molecular weight is 455 g/mol. The van der Waals surface area contributed by atoms with Crippen molar-refractivity contribution in [3.05, 3.63) is 68.5 Å². The second kappa shape index (κ2) is 8.06. The number of aliphatic carboxylic acids is 1. The predicted molar refractivity (Wildman–Crippen MR) is 125 cm³/mol. The van der Waals surface area contributed by atoms with Crippen LogP contribution in [0, 0.1) is 27.7 Å². The minimum atomic E-state index is -0.833. The van der Waals surface area contributed by atoms with Gasteiger partial charge in [-0.1, -0.05) is 53.6 Å². The normalized spacial score (nSPS) is 10.8. The Labute approximate surface area is 178 Å². The molecule has 1 heterocycles. The fourth-order valence-electron chi connectivity index (χ4n) is 3.65. The van der Waals surface area contributed by atoms with Crippen LogP contribution in [0.25, 0.3) is 32.0 Å². The standard InChI is InChI=1S/C22H19BrS.C2H4O2/c1-12-9-13(2)11-16(10-12)20-17-7-5-6-8-18(17)21(23)22-19(20)14(3)15(4)24-22;1-2(3)4/h5-11H,1-4H3;1H3,(H,3,4). The molecule has 0 aliphatic heterocycles. The van der Waals surface area contributed by atoms with Gasteiger partial charge in [-0.2, -0.15) is 0 Å². The molecule has 0 atom stereocenters. The lowest BCUT2D eigenvalue weighted by Gasteiger charge is -2.14. The zero-order valence-electron chi connectivity index (χ0n) is 16.7. The van der Waals surface area contributed by atoms with E-state index in [1.807, 2.05) is 11.3 Å². The van der Waals surface area contributed by atoms with Gasteiger partial charge in [0, 0.05) is 21.7 Å². The maximum absolute atomic E-state index is 9.00. The average Bonchev–Trinajstić information content (AvgIpc) is 2.90. The lowest BCUT2D eigenvalue weighted by Crippen LogP contribution is -1.88. The van der Waals surface area contributed by atoms with Crippen molar-refractivity contribution in [2.24, 2.45) is 0 Å². The molecule has 1 N–H and O–H groups in total. The minimum Gasteiger partial charge on any atom is -0.481 e. The highest BCUT2D eigenvalue weighted by Crippen LogP contribution is 2.47. The van der Waals surface area contributed by atoms with Gasteiger partial charge in [-0.05, 0) is 71.1 Å². The van der Waals surface area contributed by atoms with Gasteiger partial charge < -0.3 is 5.11 Å². The summed E-state index contributed by atoms with van der Waals surface area (Å²) in [5, 5.41) is 11.4. The minimum absolute atomic E-state index is 0.833. The maximum Gasteiger partial charge on any atom is 0.300 e. The molecular weight excluding hydrogens is 432 g/mol. The third kappa shape index (κ3) is 3.85. The molecule has 4 rings (SSSR count). The summed E-state index contributed by atoms with van der Waals surface area (Å²) in [6.45, 7) is 9.92. The first-order valence-corrected chi connectivity index (χ1v) is 10.7. The summed E-state index contributed by atoms with van der Waals surface area (Å²) in [5.41, 5.74) is 6.72. The number of halogens is 1.